The average Bonchev–Trinajstić information content (AvgIpc) is 3.24. The van der Waals surface area contributed by atoms with Gasteiger partial charge in [-0.2, -0.15) is 18.0 Å². The topological polar surface area (TPSA) is 72.7 Å². The number of benzene rings is 1. The summed E-state index contributed by atoms with van der Waals surface area (Å²) in [4.78, 5) is 12.7. The number of nitrogens with one attached hydrogen (secondary N) is 1. The van der Waals surface area contributed by atoms with Gasteiger partial charge in [-0.25, -0.2) is 0 Å². The maximum absolute atomic E-state index is 12.4. The molecule has 1 aliphatic carbocycles. The Bertz CT molecular complexity index is 681. The van der Waals surface area contributed by atoms with E-state index in [0.717, 1.165) is 12.8 Å². The minimum Gasteiger partial charge on any atom is -0.342 e. The molecule has 0 saturated heterocycles. The number of amides is 1. The number of aromatic nitrogens is 4. The number of tetrazole rings is 1. The average molecular weight is 325 g/mol. The molecule has 1 heterocycles. The molecule has 1 amide bonds. The Morgan fingerprint density at radius 1 is 1.30 bits per heavy atom. The first-order valence-corrected chi connectivity index (χ1v) is 7.13. The molecule has 0 spiro atoms. The standard InChI is InChI=1S/C14H14F3N5O/c15-14(16,17)8-22-20-12(19-21-22)11(9-6-7-9)18-13(23)10-4-2-1-3-5-10/h1-5,9,11H,6-8H2,(H,18,23)/t11-/m1/s1. The molecule has 0 radical (unpaired) electrons. The van der Waals surface area contributed by atoms with Gasteiger partial charge in [0.1, 0.15) is 0 Å². The molecule has 6 nitrogen and oxygen atoms in total. The van der Waals surface area contributed by atoms with E-state index < -0.39 is 18.8 Å². The van der Waals surface area contributed by atoms with E-state index in [1.54, 1.807) is 30.3 Å². The number of nitrogens with zero attached hydrogens (tertiary/aromatic N) is 4. The molecular formula is C14H14F3N5O. The molecule has 23 heavy (non-hydrogen) atoms. The van der Waals surface area contributed by atoms with E-state index in [9.17, 15) is 18.0 Å². The number of halogens is 3. The van der Waals surface area contributed by atoms with Gasteiger partial charge in [0.05, 0.1) is 6.04 Å². The third-order valence-electron chi connectivity index (χ3n) is 3.48. The van der Waals surface area contributed by atoms with Gasteiger partial charge >= 0.3 is 6.18 Å². The predicted octanol–water partition coefficient (Wildman–Crippen LogP) is 2.12. The first-order chi connectivity index (χ1) is 10.9. The fraction of sp³-hybridized carbons (Fsp3) is 0.429. The summed E-state index contributed by atoms with van der Waals surface area (Å²) in [5, 5.41) is 13.6. The van der Waals surface area contributed by atoms with Crippen LogP contribution in [-0.2, 0) is 6.54 Å². The number of hydrogen-bond donors (Lipinski definition) is 1. The van der Waals surface area contributed by atoms with Crippen LogP contribution in [0.25, 0.3) is 0 Å². The van der Waals surface area contributed by atoms with E-state index >= 15 is 0 Å². The van der Waals surface area contributed by atoms with Gasteiger partial charge in [-0.3, -0.25) is 4.79 Å². The van der Waals surface area contributed by atoms with Crippen LogP contribution >= 0.6 is 0 Å². The monoisotopic (exact) mass is 325 g/mol. The Kier molecular flexibility index (Phi) is 4.01. The van der Waals surface area contributed by atoms with Crippen LogP contribution in [0.3, 0.4) is 0 Å². The van der Waals surface area contributed by atoms with E-state index in [0.29, 0.717) is 10.4 Å². The summed E-state index contributed by atoms with van der Waals surface area (Å²) < 4.78 is 37.1. The van der Waals surface area contributed by atoms with E-state index in [1.165, 1.54) is 0 Å². The molecule has 1 aliphatic rings. The lowest BCUT2D eigenvalue weighted by Gasteiger charge is -2.14. The van der Waals surface area contributed by atoms with E-state index in [1.807, 2.05) is 0 Å². The Morgan fingerprint density at radius 3 is 2.61 bits per heavy atom. The molecular weight excluding hydrogens is 311 g/mol. The number of hydrogen-bond acceptors (Lipinski definition) is 4. The highest BCUT2D eigenvalue weighted by molar-refractivity contribution is 5.94. The Balaban J connectivity index is 1.74. The third kappa shape index (κ3) is 4.05. The SMILES string of the molecule is O=C(N[C@@H](c1nnn(CC(F)(F)F)n1)C1CC1)c1ccccc1. The highest BCUT2D eigenvalue weighted by atomic mass is 19.4. The summed E-state index contributed by atoms with van der Waals surface area (Å²) in [5.74, 6) is -0.0677. The molecule has 3 rings (SSSR count). The third-order valence-corrected chi connectivity index (χ3v) is 3.48. The lowest BCUT2D eigenvalue weighted by Crippen LogP contribution is -2.31. The van der Waals surface area contributed by atoms with Gasteiger partial charge in [-0.15, -0.1) is 10.2 Å². The van der Waals surface area contributed by atoms with Gasteiger partial charge in [0.2, 0.25) is 0 Å². The fourth-order valence-corrected chi connectivity index (χ4v) is 2.24. The summed E-state index contributed by atoms with van der Waals surface area (Å²) >= 11 is 0. The molecule has 1 saturated carbocycles. The van der Waals surface area contributed by atoms with Gasteiger partial charge in [0.25, 0.3) is 5.91 Å². The van der Waals surface area contributed by atoms with Crippen molar-refractivity contribution in [3.63, 3.8) is 0 Å². The van der Waals surface area contributed by atoms with Crippen molar-refractivity contribution >= 4 is 5.91 Å². The van der Waals surface area contributed by atoms with Crippen LogP contribution < -0.4 is 5.32 Å². The molecule has 0 aliphatic heterocycles. The maximum atomic E-state index is 12.4. The van der Waals surface area contributed by atoms with Crippen molar-refractivity contribution in [1.82, 2.24) is 25.5 Å². The van der Waals surface area contributed by atoms with Crippen LogP contribution in [0.1, 0.15) is 35.1 Å². The zero-order chi connectivity index (χ0) is 16.4. The van der Waals surface area contributed by atoms with Crippen molar-refractivity contribution in [3.8, 4) is 0 Å². The van der Waals surface area contributed by atoms with Crippen molar-refractivity contribution < 1.29 is 18.0 Å². The zero-order valence-electron chi connectivity index (χ0n) is 12.0. The molecule has 2 aromatic rings. The summed E-state index contributed by atoms with van der Waals surface area (Å²) in [6.45, 7) is -1.30. The zero-order valence-corrected chi connectivity index (χ0v) is 12.0. The van der Waals surface area contributed by atoms with E-state index in [-0.39, 0.29) is 17.6 Å². The second-order valence-electron chi connectivity index (χ2n) is 5.45. The Labute approximate surface area is 129 Å². The highest BCUT2D eigenvalue weighted by Crippen LogP contribution is 2.40. The van der Waals surface area contributed by atoms with Crippen LogP contribution in [0, 0.1) is 5.92 Å². The van der Waals surface area contributed by atoms with Crippen LogP contribution in [0.2, 0.25) is 0 Å². The summed E-state index contributed by atoms with van der Waals surface area (Å²) in [6.07, 6.45) is -2.68. The normalized spacial score (nSPS) is 16.1. The Hall–Kier alpha value is -2.45. The van der Waals surface area contributed by atoms with Gasteiger partial charge in [0, 0.05) is 5.56 Å². The predicted molar refractivity (Wildman–Crippen MR) is 73.2 cm³/mol. The van der Waals surface area contributed by atoms with Crippen molar-refractivity contribution in [3.05, 3.63) is 41.7 Å². The second kappa shape index (κ2) is 5.98. The largest absolute Gasteiger partial charge is 0.409 e. The van der Waals surface area contributed by atoms with Gasteiger partial charge in [-0.1, -0.05) is 18.2 Å². The summed E-state index contributed by atoms with van der Waals surface area (Å²) in [6, 6.07) is 8.06. The molecule has 1 fully saturated rings. The van der Waals surface area contributed by atoms with Crippen molar-refractivity contribution in [2.75, 3.05) is 0 Å². The van der Waals surface area contributed by atoms with Crippen molar-refractivity contribution in [2.24, 2.45) is 5.92 Å². The Morgan fingerprint density at radius 2 is 2.00 bits per heavy atom. The number of alkyl halides is 3. The fourth-order valence-electron chi connectivity index (χ4n) is 2.24. The molecule has 1 aromatic carbocycles. The quantitative estimate of drug-likeness (QED) is 0.914. The van der Waals surface area contributed by atoms with Gasteiger partial charge < -0.3 is 5.32 Å². The molecule has 1 N–H and O–H groups in total. The number of rotatable bonds is 5. The lowest BCUT2D eigenvalue weighted by molar-refractivity contribution is -0.145. The summed E-state index contributed by atoms with van der Waals surface area (Å²) in [7, 11) is 0. The minimum atomic E-state index is -4.42. The highest BCUT2D eigenvalue weighted by Gasteiger charge is 2.37. The first kappa shape index (κ1) is 15.4. The van der Waals surface area contributed by atoms with Crippen LogP contribution in [0.5, 0.6) is 0 Å². The van der Waals surface area contributed by atoms with Gasteiger partial charge in [0.15, 0.2) is 12.4 Å². The van der Waals surface area contributed by atoms with Crippen LogP contribution in [0.4, 0.5) is 13.2 Å². The van der Waals surface area contributed by atoms with E-state index in [4.69, 9.17) is 0 Å². The molecule has 1 atom stereocenters. The van der Waals surface area contributed by atoms with Crippen LogP contribution in [0.15, 0.2) is 30.3 Å². The summed E-state index contributed by atoms with van der Waals surface area (Å²) in [5.41, 5.74) is 0.473. The first-order valence-electron chi connectivity index (χ1n) is 7.13. The van der Waals surface area contributed by atoms with Crippen molar-refractivity contribution in [2.45, 2.75) is 31.6 Å². The molecule has 0 unspecified atom stereocenters. The number of carbonyl (C=O) groups excluding carboxylic acids is 1. The van der Waals surface area contributed by atoms with Gasteiger partial charge in [-0.05, 0) is 36.1 Å². The molecule has 0 bridgehead atoms. The number of carbonyl (C=O) groups is 1. The smallest absolute Gasteiger partial charge is 0.342 e. The van der Waals surface area contributed by atoms with Crippen LogP contribution in [-0.4, -0.2) is 32.3 Å². The van der Waals surface area contributed by atoms with Crippen molar-refractivity contribution in [1.29, 1.82) is 0 Å². The molecule has 9 heteroatoms. The minimum absolute atomic E-state index is 0.112. The molecule has 122 valence electrons. The van der Waals surface area contributed by atoms with E-state index in [2.05, 4.69) is 20.7 Å². The molecule has 1 aromatic heterocycles. The second-order valence-corrected chi connectivity index (χ2v) is 5.45. The lowest BCUT2D eigenvalue weighted by atomic mass is 10.1. The maximum Gasteiger partial charge on any atom is 0.409 e.